The van der Waals surface area contributed by atoms with Gasteiger partial charge in [-0.15, -0.1) is 10.2 Å². The average Bonchev–Trinajstić information content (AvgIpc) is 2.99. The number of furan rings is 1. The summed E-state index contributed by atoms with van der Waals surface area (Å²) in [6.07, 6.45) is 8.36. The second-order valence-corrected chi connectivity index (χ2v) is 7.07. The highest BCUT2D eigenvalue weighted by molar-refractivity contribution is 5.06. The van der Waals surface area contributed by atoms with E-state index in [9.17, 15) is 0 Å². The zero-order valence-electron chi connectivity index (χ0n) is 13.1. The van der Waals surface area contributed by atoms with Gasteiger partial charge in [0.1, 0.15) is 6.10 Å². The van der Waals surface area contributed by atoms with Crippen LogP contribution in [0.1, 0.15) is 55.1 Å². The fourth-order valence-electron chi connectivity index (χ4n) is 3.81. The Balaban J connectivity index is 1.23. The molecular formula is C17H21N3O3. The molecule has 2 aromatic rings. The number of aromatic nitrogens is 2. The van der Waals surface area contributed by atoms with E-state index in [0.29, 0.717) is 17.7 Å². The van der Waals surface area contributed by atoms with Crippen molar-refractivity contribution < 1.29 is 13.6 Å². The topological polar surface area (TPSA) is 64.5 Å². The molecule has 0 radical (unpaired) electrons. The first-order valence-corrected chi connectivity index (χ1v) is 8.57. The predicted molar refractivity (Wildman–Crippen MR) is 80.6 cm³/mol. The summed E-state index contributed by atoms with van der Waals surface area (Å²) in [5.41, 5.74) is 1.23. The second kappa shape index (κ2) is 5.46. The Hall–Kier alpha value is -1.66. The standard InChI is InChI=1S/C17H21N3O3/c1-2-12(1)16-18-19-17(23-16)14-7-13-3-5-20(9-15(13)22-14)8-11-4-6-21-10-11/h4,6,10,12-15H,1-3,5,7-9H2/t13-,14+,15+/m0/s1. The van der Waals surface area contributed by atoms with Gasteiger partial charge in [0.05, 0.1) is 18.6 Å². The molecule has 23 heavy (non-hydrogen) atoms. The van der Waals surface area contributed by atoms with Crippen LogP contribution in [0.2, 0.25) is 0 Å². The molecule has 3 aliphatic rings. The molecular weight excluding hydrogens is 294 g/mol. The van der Waals surface area contributed by atoms with Crippen LogP contribution < -0.4 is 0 Å². The summed E-state index contributed by atoms with van der Waals surface area (Å²) in [6.45, 7) is 3.01. The molecule has 1 saturated carbocycles. The predicted octanol–water partition coefficient (Wildman–Crippen LogP) is 2.89. The number of nitrogens with zero attached hydrogens (tertiary/aromatic N) is 3. The van der Waals surface area contributed by atoms with Crippen molar-refractivity contribution in [2.24, 2.45) is 5.92 Å². The molecule has 6 nitrogen and oxygen atoms in total. The van der Waals surface area contributed by atoms with Gasteiger partial charge in [0.2, 0.25) is 11.8 Å². The minimum Gasteiger partial charge on any atom is -0.472 e. The van der Waals surface area contributed by atoms with E-state index in [1.54, 1.807) is 6.26 Å². The molecule has 2 aliphatic heterocycles. The maximum atomic E-state index is 6.25. The number of hydrogen-bond acceptors (Lipinski definition) is 6. The summed E-state index contributed by atoms with van der Waals surface area (Å²) >= 11 is 0. The molecule has 0 N–H and O–H groups in total. The minimum atomic E-state index is -0.0149. The third kappa shape index (κ3) is 2.70. The van der Waals surface area contributed by atoms with Gasteiger partial charge in [0, 0.05) is 24.6 Å². The summed E-state index contributed by atoms with van der Waals surface area (Å²) < 4.78 is 17.2. The van der Waals surface area contributed by atoms with E-state index in [4.69, 9.17) is 13.6 Å². The number of rotatable bonds is 4. The highest BCUT2D eigenvalue weighted by Gasteiger charge is 2.42. The smallest absolute Gasteiger partial charge is 0.245 e. The Morgan fingerprint density at radius 1 is 1.17 bits per heavy atom. The molecule has 3 atom stereocenters. The van der Waals surface area contributed by atoms with Crippen molar-refractivity contribution in [1.29, 1.82) is 0 Å². The van der Waals surface area contributed by atoms with Crippen molar-refractivity contribution in [2.75, 3.05) is 13.1 Å². The SMILES string of the molecule is c1cc(CN2CC[C@H]3C[C@H](c4nnc(C5CC5)o4)O[C@@H]3C2)co1. The molecule has 2 saturated heterocycles. The average molecular weight is 315 g/mol. The lowest BCUT2D eigenvalue weighted by Crippen LogP contribution is -2.41. The van der Waals surface area contributed by atoms with Crippen molar-refractivity contribution in [3.05, 3.63) is 35.9 Å². The molecule has 0 bridgehead atoms. The molecule has 6 heteroatoms. The summed E-state index contributed by atoms with van der Waals surface area (Å²) in [4.78, 5) is 2.44. The van der Waals surface area contributed by atoms with Gasteiger partial charge in [-0.3, -0.25) is 4.90 Å². The van der Waals surface area contributed by atoms with Crippen LogP contribution in [0.3, 0.4) is 0 Å². The highest BCUT2D eigenvalue weighted by atomic mass is 16.5. The van der Waals surface area contributed by atoms with Gasteiger partial charge in [-0.05, 0) is 44.2 Å². The first kappa shape index (κ1) is 13.7. The normalized spacial score (nSPS) is 31.4. The molecule has 1 aliphatic carbocycles. The minimum absolute atomic E-state index is 0.0149. The van der Waals surface area contributed by atoms with E-state index in [1.807, 2.05) is 12.3 Å². The molecule has 122 valence electrons. The van der Waals surface area contributed by atoms with Crippen LogP contribution >= 0.6 is 0 Å². The van der Waals surface area contributed by atoms with E-state index >= 15 is 0 Å². The summed E-state index contributed by atoms with van der Waals surface area (Å²) in [6, 6.07) is 2.03. The molecule has 0 aromatic carbocycles. The van der Waals surface area contributed by atoms with Crippen LogP contribution in [0.15, 0.2) is 27.4 Å². The van der Waals surface area contributed by atoms with Gasteiger partial charge in [-0.1, -0.05) is 0 Å². The van der Waals surface area contributed by atoms with E-state index in [-0.39, 0.29) is 12.2 Å². The molecule has 0 amide bonds. The van der Waals surface area contributed by atoms with Gasteiger partial charge in [0.25, 0.3) is 0 Å². The Morgan fingerprint density at radius 2 is 2.09 bits per heavy atom. The van der Waals surface area contributed by atoms with Gasteiger partial charge in [-0.2, -0.15) is 0 Å². The lowest BCUT2D eigenvalue weighted by atomic mass is 9.91. The summed E-state index contributed by atoms with van der Waals surface area (Å²) in [5.74, 6) is 2.60. The Bertz CT molecular complexity index is 664. The number of hydrogen-bond donors (Lipinski definition) is 0. The maximum Gasteiger partial charge on any atom is 0.245 e. The van der Waals surface area contributed by atoms with Crippen LogP contribution in [0.4, 0.5) is 0 Å². The number of likely N-dealkylation sites (tertiary alicyclic amines) is 1. The van der Waals surface area contributed by atoms with E-state index in [1.165, 1.54) is 24.8 Å². The first-order valence-electron chi connectivity index (χ1n) is 8.57. The Morgan fingerprint density at radius 3 is 2.91 bits per heavy atom. The van der Waals surface area contributed by atoms with E-state index < -0.39 is 0 Å². The summed E-state index contributed by atoms with van der Waals surface area (Å²) in [5, 5.41) is 8.42. The zero-order chi connectivity index (χ0) is 15.2. The van der Waals surface area contributed by atoms with E-state index in [0.717, 1.165) is 31.9 Å². The number of fused-ring (bicyclic) bond motifs is 1. The highest BCUT2D eigenvalue weighted by Crippen LogP contribution is 2.43. The molecule has 2 aromatic heterocycles. The monoisotopic (exact) mass is 315 g/mol. The summed E-state index contributed by atoms with van der Waals surface area (Å²) in [7, 11) is 0. The molecule has 0 spiro atoms. The van der Waals surface area contributed by atoms with Crippen molar-refractivity contribution in [3.8, 4) is 0 Å². The number of ether oxygens (including phenoxy) is 1. The Kier molecular flexibility index (Phi) is 3.26. The first-order chi connectivity index (χ1) is 11.3. The molecule has 0 unspecified atom stereocenters. The lowest BCUT2D eigenvalue weighted by Gasteiger charge is -2.33. The molecule has 4 heterocycles. The second-order valence-electron chi connectivity index (χ2n) is 7.07. The Labute approximate surface area is 134 Å². The van der Waals surface area contributed by atoms with Crippen LogP contribution in [-0.4, -0.2) is 34.3 Å². The zero-order valence-corrected chi connectivity index (χ0v) is 13.1. The quantitative estimate of drug-likeness (QED) is 0.864. The fraction of sp³-hybridized carbons (Fsp3) is 0.647. The van der Waals surface area contributed by atoms with Crippen LogP contribution in [0.5, 0.6) is 0 Å². The van der Waals surface area contributed by atoms with Crippen LogP contribution in [-0.2, 0) is 11.3 Å². The van der Waals surface area contributed by atoms with E-state index in [2.05, 4.69) is 15.1 Å². The fourth-order valence-corrected chi connectivity index (χ4v) is 3.81. The third-order valence-corrected chi connectivity index (χ3v) is 5.28. The van der Waals surface area contributed by atoms with Gasteiger partial charge < -0.3 is 13.6 Å². The van der Waals surface area contributed by atoms with Gasteiger partial charge >= 0.3 is 0 Å². The third-order valence-electron chi connectivity index (χ3n) is 5.28. The van der Waals surface area contributed by atoms with Crippen molar-refractivity contribution in [1.82, 2.24) is 15.1 Å². The molecule has 3 fully saturated rings. The molecule has 5 rings (SSSR count). The van der Waals surface area contributed by atoms with Crippen molar-refractivity contribution in [2.45, 2.75) is 50.4 Å². The van der Waals surface area contributed by atoms with Crippen LogP contribution in [0, 0.1) is 5.92 Å². The maximum absolute atomic E-state index is 6.25. The number of piperidine rings is 1. The van der Waals surface area contributed by atoms with Gasteiger partial charge in [0.15, 0.2) is 0 Å². The van der Waals surface area contributed by atoms with Crippen LogP contribution in [0.25, 0.3) is 0 Å². The largest absolute Gasteiger partial charge is 0.472 e. The lowest BCUT2D eigenvalue weighted by molar-refractivity contribution is -0.0177. The van der Waals surface area contributed by atoms with Crippen molar-refractivity contribution in [3.63, 3.8) is 0 Å². The van der Waals surface area contributed by atoms with Gasteiger partial charge in [-0.25, -0.2) is 0 Å². The van der Waals surface area contributed by atoms with Crippen molar-refractivity contribution >= 4 is 0 Å².